The molecule has 0 unspecified atom stereocenters. The molecule has 0 aromatic heterocycles. The van der Waals surface area contributed by atoms with E-state index >= 15 is 0 Å². The van der Waals surface area contributed by atoms with Crippen LogP contribution in [0.4, 0.5) is 0 Å². The second-order valence-corrected chi connectivity index (χ2v) is 4.87. The number of halogens is 1. The van der Waals surface area contributed by atoms with Gasteiger partial charge >= 0.3 is 0 Å². The van der Waals surface area contributed by atoms with E-state index in [1.807, 2.05) is 0 Å². The molecule has 0 aromatic carbocycles. The molecule has 0 aromatic rings. The number of hydrogen-bond donors (Lipinski definition) is 1. The Morgan fingerprint density at radius 1 is 1.23 bits per heavy atom. The highest BCUT2D eigenvalue weighted by atomic mass is 35.5. The topological polar surface area (TPSA) is 12.0 Å². The number of nitrogens with one attached hydrogen (secondary N) is 1. The van der Waals surface area contributed by atoms with Gasteiger partial charge in [-0.05, 0) is 31.2 Å². The van der Waals surface area contributed by atoms with Crippen molar-refractivity contribution < 1.29 is 0 Å². The Kier molecular flexibility index (Phi) is 7.78. The molecule has 2 heteroatoms. The van der Waals surface area contributed by atoms with Crippen molar-refractivity contribution in [2.24, 2.45) is 5.41 Å². The summed E-state index contributed by atoms with van der Waals surface area (Å²) in [6.45, 7) is 9.10. The lowest BCUT2D eigenvalue weighted by Crippen LogP contribution is -2.30. The molecule has 0 rings (SSSR count). The van der Waals surface area contributed by atoms with E-state index in [-0.39, 0.29) is 0 Å². The maximum Gasteiger partial charge on any atom is 0.0223 e. The highest BCUT2D eigenvalue weighted by molar-refractivity contribution is 6.17. The molecule has 80 valence electrons. The smallest absolute Gasteiger partial charge is 0.0223 e. The number of alkyl halides is 1. The summed E-state index contributed by atoms with van der Waals surface area (Å²) in [6, 6.07) is 0. The summed E-state index contributed by atoms with van der Waals surface area (Å²) in [7, 11) is 0. The SMILES string of the molecule is CCCCNCC(C)(C)CCCCl. The van der Waals surface area contributed by atoms with E-state index in [1.54, 1.807) is 0 Å². The Hall–Kier alpha value is 0.250. The maximum atomic E-state index is 5.67. The van der Waals surface area contributed by atoms with Crippen LogP contribution in [-0.2, 0) is 0 Å². The fourth-order valence-corrected chi connectivity index (χ4v) is 1.50. The fourth-order valence-electron chi connectivity index (χ4n) is 1.36. The molecule has 0 heterocycles. The van der Waals surface area contributed by atoms with Gasteiger partial charge in [0, 0.05) is 12.4 Å². The second-order valence-electron chi connectivity index (χ2n) is 4.49. The highest BCUT2D eigenvalue weighted by Gasteiger charge is 2.15. The highest BCUT2D eigenvalue weighted by Crippen LogP contribution is 2.21. The summed E-state index contributed by atoms with van der Waals surface area (Å²) in [4.78, 5) is 0. The van der Waals surface area contributed by atoms with Crippen LogP contribution in [0, 0.1) is 5.41 Å². The zero-order chi connectivity index (χ0) is 10.2. The molecule has 0 aliphatic carbocycles. The monoisotopic (exact) mass is 205 g/mol. The minimum atomic E-state index is 0.405. The van der Waals surface area contributed by atoms with E-state index in [1.165, 1.54) is 19.3 Å². The second kappa shape index (κ2) is 7.64. The Bertz CT molecular complexity index is 113. The van der Waals surface area contributed by atoms with Crippen LogP contribution >= 0.6 is 11.6 Å². The zero-order valence-electron chi connectivity index (χ0n) is 9.33. The molecule has 0 saturated carbocycles. The molecule has 0 aliphatic rings. The first kappa shape index (κ1) is 13.2. The van der Waals surface area contributed by atoms with Gasteiger partial charge in [0.1, 0.15) is 0 Å². The number of rotatable bonds is 8. The van der Waals surface area contributed by atoms with Gasteiger partial charge in [-0.25, -0.2) is 0 Å². The van der Waals surface area contributed by atoms with Gasteiger partial charge < -0.3 is 5.32 Å². The normalized spacial score (nSPS) is 12.0. The Morgan fingerprint density at radius 2 is 1.92 bits per heavy atom. The van der Waals surface area contributed by atoms with Crippen LogP contribution in [0.2, 0.25) is 0 Å². The Morgan fingerprint density at radius 3 is 2.46 bits per heavy atom. The van der Waals surface area contributed by atoms with Crippen molar-refractivity contribution in [1.29, 1.82) is 0 Å². The first-order chi connectivity index (χ1) is 6.12. The first-order valence-electron chi connectivity index (χ1n) is 5.39. The summed E-state index contributed by atoms with van der Waals surface area (Å²) in [6.07, 6.45) is 4.90. The van der Waals surface area contributed by atoms with Gasteiger partial charge in [-0.2, -0.15) is 0 Å². The van der Waals surface area contributed by atoms with E-state index < -0.39 is 0 Å². The van der Waals surface area contributed by atoms with Crippen molar-refractivity contribution in [2.45, 2.75) is 46.5 Å². The lowest BCUT2D eigenvalue weighted by molar-refractivity contribution is 0.311. The van der Waals surface area contributed by atoms with Crippen LogP contribution in [0.3, 0.4) is 0 Å². The number of hydrogen-bond acceptors (Lipinski definition) is 1. The lowest BCUT2D eigenvalue weighted by atomic mass is 9.88. The van der Waals surface area contributed by atoms with E-state index in [0.29, 0.717) is 5.41 Å². The first-order valence-corrected chi connectivity index (χ1v) is 5.92. The van der Waals surface area contributed by atoms with Gasteiger partial charge in [0.2, 0.25) is 0 Å². The molecule has 1 nitrogen and oxygen atoms in total. The van der Waals surface area contributed by atoms with Gasteiger partial charge in [-0.1, -0.05) is 27.2 Å². The zero-order valence-corrected chi connectivity index (χ0v) is 10.1. The molecular weight excluding hydrogens is 182 g/mol. The van der Waals surface area contributed by atoms with E-state index in [2.05, 4.69) is 26.1 Å². The molecule has 0 aliphatic heterocycles. The van der Waals surface area contributed by atoms with Gasteiger partial charge in [0.05, 0.1) is 0 Å². The van der Waals surface area contributed by atoms with Crippen LogP contribution in [0.1, 0.15) is 46.5 Å². The quantitative estimate of drug-likeness (QED) is 0.473. The molecule has 0 bridgehead atoms. The third-order valence-electron chi connectivity index (χ3n) is 2.30. The third kappa shape index (κ3) is 8.58. The average molecular weight is 206 g/mol. The van der Waals surface area contributed by atoms with Crippen molar-refractivity contribution >= 4 is 11.6 Å². The maximum absolute atomic E-state index is 5.67. The molecule has 0 fully saturated rings. The molecule has 0 radical (unpaired) electrons. The van der Waals surface area contributed by atoms with Crippen molar-refractivity contribution in [3.63, 3.8) is 0 Å². The predicted molar refractivity (Wildman–Crippen MR) is 61.5 cm³/mol. The van der Waals surface area contributed by atoms with Gasteiger partial charge in [-0.3, -0.25) is 0 Å². The van der Waals surface area contributed by atoms with Crippen LogP contribution in [-0.4, -0.2) is 19.0 Å². The van der Waals surface area contributed by atoms with Crippen LogP contribution in [0.15, 0.2) is 0 Å². The van der Waals surface area contributed by atoms with Crippen LogP contribution < -0.4 is 5.32 Å². The average Bonchev–Trinajstić information content (AvgIpc) is 2.09. The Balaban J connectivity index is 3.39. The summed E-state index contributed by atoms with van der Waals surface area (Å²) in [5, 5.41) is 3.49. The largest absolute Gasteiger partial charge is 0.316 e. The van der Waals surface area contributed by atoms with E-state index in [0.717, 1.165) is 25.4 Å². The molecule has 13 heavy (non-hydrogen) atoms. The van der Waals surface area contributed by atoms with Gasteiger partial charge in [-0.15, -0.1) is 11.6 Å². The fraction of sp³-hybridized carbons (Fsp3) is 1.00. The summed E-state index contributed by atoms with van der Waals surface area (Å²) in [5.41, 5.74) is 0.405. The molecule has 0 atom stereocenters. The van der Waals surface area contributed by atoms with Crippen LogP contribution in [0.25, 0.3) is 0 Å². The molecular formula is C11H24ClN. The Labute approximate surface area is 88.2 Å². The standard InChI is InChI=1S/C11H24ClN/c1-4-5-9-13-10-11(2,3)7-6-8-12/h13H,4-10H2,1-3H3. The van der Waals surface area contributed by atoms with E-state index in [4.69, 9.17) is 11.6 Å². The number of unbranched alkanes of at least 4 members (excludes halogenated alkanes) is 1. The van der Waals surface area contributed by atoms with Crippen molar-refractivity contribution in [1.82, 2.24) is 5.32 Å². The van der Waals surface area contributed by atoms with Crippen molar-refractivity contribution in [2.75, 3.05) is 19.0 Å². The third-order valence-corrected chi connectivity index (χ3v) is 2.57. The minimum absolute atomic E-state index is 0.405. The molecule has 0 spiro atoms. The molecule has 1 N–H and O–H groups in total. The van der Waals surface area contributed by atoms with Crippen molar-refractivity contribution in [3.05, 3.63) is 0 Å². The van der Waals surface area contributed by atoms with Gasteiger partial charge in [0.15, 0.2) is 0 Å². The predicted octanol–water partition coefficient (Wildman–Crippen LogP) is 3.42. The van der Waals surface area contributed by atoms with Gasteiger partial charge in [0.25, 0.3) is 0 Å². The summed E-state index contributed by atoms with van der Waals surface area (Å²) >= 11 is 5.67. The van der Waals surface area contributed by atoms with E-state index in [9.17, 15) is 0 Å². The summed E-state index contributed by atoms with van der Waals surface area (Å²) in [5.74, 6) is 0.790. The molecule has 0 amide bonds. The summed E-state index contributed by atoms with van der Waals surface area (Å²) < 4.78 is 0. The molecule has 0 saturated heterocycles. The van der Waals surface area contributed by atoms with Crippen molar-refractivity contribution in [3.8, 4) is 0 Å². The van der Waals surface area contributed by atoms with Crippen LogP contribution in [0.5, 0.6) is 0 Å². The minimum Gasteiger partial charge on any atom is -0.316 e. The lowest BCUT2D eigenvalue weighted by Gasteiger charge is -2.24.